The number of ether oxygens (including phenoxy) is 2. The monoisotopic (exact) mass is 516 g/mol. The van der Waals surface area contributed by atoms with E-state index in [4.69, 9.17) is 9.47 Å². The number of carbonyl (C=O) groups is 2. The molecule has 6 nitrogen and oxygen atoms in total. The summed E-state index contributed by atoms with van der Waals surface area (Å²) in [5, 5.41) is 2.96. The van der Waals surface area contributed by atoms with Gasteiger partial charge in [0.15, 0.2) is 0 Å². The molecule has 38 heavy (non-hydrogen) atoms. The average molecular weight is 517 g/mol. The third-order valence-corrected chi connectivity index (χ3v) is 6.49. The SMILES string of the molecule is CC(=O)Oc1ccc(C(=O)Nc2ccc(/C(C)=C/C=C(\C)OC3CCN(C)CC3)cc2)cc1CC=C(C)C. The molecule has 1 fully saturated rings. The molecule has 1 saturated heterocycles. The number of amides is 1. The maximum absolute atomic E-state index is 12.9. The number of carbonyl (C=O) groups excluding carboxylic acids is 2. The van der Waals surface area contributed by atoms with Crippen molar-refractivity contribution in [3.63, 3.8) is 0 Å². The summed E-state index contributed by atoms with van der Waals surface area (Å²) in [6.45, 7) is 11.6. The summed E-state index contributed by atoms with van der Waals surface area (Å²) >= 11 is 0. The largest absolute Gasteiger partial charge is 0.495 e. The van der Waals surface area contributed by atoms with Gasteiger partial charge in [-0.1, -0.05) is 29.9 Å². The molecule has 2 aromatic carbocycles. The minimum Gasteiger partial charge on any atom is -0.495 e. The van der Waals surface area contributed by atoms with Crippen LogP contribution in [0.3, 0.4) is 0 Å². The molecule has 1 aliphatic heterocycles. The van der Waals surface area contributed by atoms with Gasteiger partial charge in [0, 0.05) is 31.3 Å². The fraction of sp³-hybridized carbons (Fsp3) is 0.375. The third-order valence-electron chi connectivity index (χ3n) is 6.49. The average Bonchev–Trinajstić information content (AvgIpc) is 2.88. The third kappa shape index (κ3) is 9.03. The number of piperidine rings is 1. The zero-order chi connectivity index (χ0) is 27.7. The molecule has 1 aliphatic rings. The molecule has 0 radical (unpaired) electrons. The minimum atomic E-state index is -0.388. The number of rotatable bonds is 9. The Labute approximate surface area is 227 Å². The van der Waals surface area contributed by atoms with E-state index in [0.29, 0.717) is 29.5 Å². The molecular formula is C32H40N2O4. The van der Waals surface area contributed by atoms with Gasteiger partial charge in [0.2, 0.25) is 0 Å². The van der Waals surface area contributed by atoms with Crippen LogP contribution in [0.1, 0.15) is 68.9 Å². The highest BCUT2D eigenvalue weighted by Crippen LogP contribution is 2.24. The molecule has 0 bridgehead atoms. The lowest BCUT2D eigenvalue weighted by Crippen LogP contribution is -2.33. The highest BCUT2D eigenvalue weighted by Gasteiger charge is 2.17. The van der Waals surface area contributed by atoms with Crippen LogP contribution in [0.5, 0.6) is 5.75 Å². The number of nitrogens with zero attached hydrogens (tertiary/aromatic N) is 1. The van der Waals surface area contributed by atoms with Crippen LogP contribution in [-0.2, 0) is 16.0 Å². The maximum Gasteiger partial charge on any atom is 0.308 e. The van der Waals surface area contributed by atoms with Crippen molar-refractivity contribution in [2.24, 2.45) is 0 Å². The molecule has 3 rings (SSSR count). The van der Waals surface area contributed by atoms with Gasteiger partial charge in [-0.2, -0.15) is 0 Å². The van der Waals surface area contributed by atoms with Crippen LogP contribution in [0.25, 0.3) is 5.57 Å². The lowest BCUT2D eigenvalue weighted by molar-refractivity contribution is -0.131. The van der Waals surface area contributed by atoms with E-state index in [1.807, 2.05) is 57.2 Å². The number of hydrogen-bond donors (Lipinski definition) is 1. The summed E-state index contributed by atoms with van der Waals surface area (Å²) in [6, 6.07) is 12.9. The first-order valence-corrected chi connectivity index (χ1v) is 13.2. The zero-order valence-electron chi connectivity index (χ0n) is 23.5. The molecule has 1 amide bonds. The summed E-state index contributed by atoms with van der Waals surface area (Å²) in [4.78, 5) is 26.8. The number of benzene rings is 2. The normalized spacial score (nSPS) is 15.1. The van der Waals surface area contributed by atoms with Crippen molar-refractivity contribution in [1.82, 2.24) is 4.90 Å². The molecule has 0 aromatic heterocycles. The number of anilines is 1. The number of esters is 1. The van der Waals surface area contributed by atoms with Crippen molar-refractivity contribution < 1.29 is 19.1 Å². The van der Waals surface area contributed by atoms with Crippen LogP contribution in [-0.4, -0.2) is 43.0 Å². The fourth-order valence-electron chi connectivity index (χ4n) is 4.21. The second-order valence-corrected chi connectivity index (χ2v) is 10.2. The number of nitrogens with one attached hydrogen (secondary N) is 1. The van der Waals surface area contributed by atoms with Crippen LogP contribution in [0.15, 0.2) is 72.0 Å². The first-order valence-electron chi connectivity index (χ1n) is 13.2. The van der Waals surface area contributed by atoms with Gasteiger partial charge in [-0.3, -0.25) is 9.59 Å². The van der Waals surface area contributed by atoms with E-state index in [-0.39, 0.29) is 11.9 Å². The van der Waals surface area contributed by atoms with Crippen molar-refractivity contribution in [2.75, 3.05) is 25.5 Å². The predicted molar refractivity (Wildman–Crippen MR) is 154 cm³/mol. The molecule has 0 atom stereocenters. The van der Waals surface area contributed by atoms with E-state index in [1.54, 1.807) is 18.2 Å². The van der Waals surface area contributed by atoms with Crippen LogP contribution < -0.4 is 10.1 Å². The van der Waals surface area contributed by atoms with Gasteiger partial charge in [-0.05, 0) is 107 Å². The lowest BCUT2D eigenvalue weighted by atomic mass is 10.0. The highest BCUT2D eigenvalue weighted by molar-refractivity contribution is 6.04. The first-order chi connectivity index (χ1) is 18.1. The molecule has 1 N–H and O–H groups in total. The van der Waals surface area contributed by atoms with E-state index < -0.39 is 0 Å². The van der Waals surface area contributed by atoms with E-state index >= 15 is 0 Å². The second kappa shape index (κ2) is 13.8. The summed E-state index contributed by atoms with van der Waals surface area (Å²) in [5.74, 6) is 0.786. The Balaban J connectivity index is 1.64. The van der Waals surface area contributed by atoms with E-state index in [9.17, 15) is 9.59 Å². The Hall–Kier alpha value is -3.64. The van der Waals surface area contributed by atoms with Crippen molar-refractivity contribution in [1.29, 1.82) is 0 Å². The van der Waals surface area contributed by atoms with Gasteiger partial charge in [0.25, 0.3) is 5.91 Å². The van der Waals surface area contributed by atoms with Gasteiger partial charge < -0.3 is 19.7 Å². The van der Waals surface area contributed by atoms with Gasteiger partial charge >= 0.3 is 5.97 Å². The molecule has 0 unspecified atom stereocenters. The number of allylic oxidation sites excluding steroid dienone is 6. The molecule has 2 aromatic rings. The summed E-state index contributed by atoms with van der Waals surface area (Å²) in [7, 11) is 2.15. The zero-order valence-corrected chi connectivity index (χ0v) is 23.5. The maximum atomic E-state index is 12.9. The number of hydrogen-bond acceptors (Lipinski definition) is 5. The van der Waals surface area contributed by atoms with Gasteiger partial charge in [-0.25, -0.2) is 0 Å². The Morgan fingerprint density at radius 2 is 1.61 bits per heavy atom. The van der Waals surface area contributed by atoms with Crippen molar-refractivity contribution >= 4 is 23.1 Å². The smallest absolute Gasteiger partial charge is 0.308 e. The first kappa shape index (κ1) is 28.9. The Morgan fingerprint density at radius 3 is 2.24 bits per heavy atom. The fourth-order valence-corrected chi connectivity index (χ4v) is 4.21. The standard InChI is InChI=1S/C32H40N2O4/c1-22(2)7-10-27-21-28(13-16-31(27)38-25(5)35)32(36)33-29-14-11-26(12-15-29)23(3)8-9-24(4)37-30-17-19-34(6)20-18-30/h7-9,11-16,21,30H,10,17-20H2,1-6H3,(H,33,36)/b23-8+,24-9+. The molecular weight excluding hydrogens is 476 g/mol. The molecule has 0 aliphatic carbocycles. The van der Waals surface area contributed by atoms with Gasteiger partial charge in [-0.15, -0.1) is 0 Å². The number of likely N-dealkylation sites (tertiary alicyclic amines) is 1. The topological polar surface area (TPSA) is 67.9 Å². The molecule has 202 valence electrons. The molecule has 0 spiro atoms. The summed E-state index contributed by atoms with van der Waals surface area (Å²) < 4.78 is 11.4. The minimum absolute atomic E-state index is 0.220. The lowest BCUT2D eigenvalue weighted by Gasteiger charge is -2.29. The quantitative estimate of drug-likeness (QED) is 0.131. The Bertz CT molecular complexity index is 1210. The summed E-state index contributed by atoms with van der Waals surface area (Å²) in [6.07, 6.45) is 9.11. The highest BCUT2D eigenvalue weighted by atomic mass is 16.5. The Morgan fingerprint density at radius 1 is 0.947 bits per heavy atom. The summed E-state index contributed by atoms with van der Waals surface area (Å²) in [5.41, 5.74) is 5.32. The molecule has 6 heteroatoms. The molecule has 0 saturated carbocycles. The molecule has 1 heterocycles. The van der Waals surface area contributed by atoms with Crippen molar-refractivity contribution in [3.05, 3.63) is 88.7 Å². The van der Waals surface area contributed by atoms with Crippen LogP contribution in [0.4, 0.5) is 5.69 Å². The van der Waals surface area contributed by atoms with Gasteiger partial charge in [0.1, 0.15) is 11.9 Å². The van der Waals surface area contributed by atoms with Gasteiger partial charge in [0.05, 0.1) is 5.76 Å². The van der Waals surface area contributed by atoms with E-state index in [2.05, 4.69) is 30.3 Å². The van der Waals surface area contributed by atoms with Crippen molar-refractivity contribution in [3.8, 4) is 5.75 Å². The van der Waals surface area contributed by atoms with Crippen LogP contribution in [0, 0.1) is 0 Å². The van der Waals surface area contributed by atoms with E-state index in [0.717, 1.165) is 54.0 Å². The van der Waals surface area contributed by atoms with Crippen LogP contribution >= 0.6 is 0 Å². The van der Waals surface area contributed by atoms with E-state index in [1.165, 1.54) is 6.92 Å². The Kier molecular flexibility index (Phi) is 10.5. The second-order valence-electron chi connectivity index (χ2n) is 10.2. The van der Waals surface area contributed by atoms with Crippen LogP contribution in [0.2, 0.25) is 0 Å². The predicted octanol–water partition coefficient (Wildman–Crippen LogP) is 6.79. The van der Waals surface area contributed by atoms with Crippen molar-refractivity contribution in [2.45, 2.75) is 60.0 Å².